The molecule has 0 spiro atoms. The summed E-state index contributed by atoms with van der Waals surface area (Å²) in [5.74, 6) is 0.0858. The number of hydrogen-bond donors (Lipinski definition) is 2. The van der Waals surface area contributed by atoms with Crippen LogP contribution in [0.4, 0.5) is 5.69 Å². The second-order valence-corrected chi connectivity index (χ2v) is 9.20. The molecular formula is C23H29N3O3S. The molecule has 0 saturated carbocycles. The predicted molar refractivity (Wildman–Crippen MR) is 120 cm³/mol. The molecule has 6 nitrogen and oxygen atoms in total. The highest BCUT2D eigenvalue weighted by Crippen LogP contribution is 2.24. The fourth-order valence-corrected chi connectivity index (χ4v) is 4.70. The summed E-state index contributed by atoms with van der Waals surface area (Å²) in [4.78, 5) is 17.4. The molecule has 0 aliphatic carbocycles. The van der Waals surface area contributed by atoms with E-state index in [1.807, 2.05) is 37.3 Å². The molecular weight excluding hydrogens is 398 g/mol. The molecule has 1 heterocycles. The first-order chi connectivity index (χ1) is 14.5. The molecule has 1 aliphatic rings. The Morgan fingerprint density at radius 3 is 2.63 bits per heavy atom. The van der Waals surface area contributed by atoms with Crippen molar-refractivity contribution in [3.8, 4) is 0 Å². The number of aliphatic imine (C=N–C) groups is 1. The Bertz CT molecular complexity index is 988. The zero-order valence-electron chi connectivity index (χ0n) is 17.3. The summed E-state index contributed by atoms with van der Waals surface area (Å²) >= 11 is 0. The molecule has 160 valence electrons. The van der Waals surface area contributed by atoms with Gasteiger partial charge < -0.3 is 5.32 Å². The SMILES string of the molecule is CCC[C@H](C(=O)Nc1cccc(S(=O)(=O)NC2=NCCCCC2)c1)c1ccccc1. The lowest BCUT2D eigenvalue weighted by Crippen LogP contribution is -2.30. The van der Waals surface area contributed by atoms with Crippen LogP contribution in [0.25, 0.3) is 0 Å². The van der Waals surface area contributed by atoms with Crippen molar-refractivity contribution in [3.05, 3.63) is 60.2 Å². The molecule has 30 heavy (non-hydrogen) atoms. The van der Waals surface area contributed by atoms with Crippen molar-refractivity contribution < 1.29 is 13.2 Å². The standard InChI is InChI=1S/C23H29N3O3S/c1-2-10-21(18-11-5-3-6-12-18)23(27)25-19-13-9-14-20(17-19)30(28,29)26-22-15-7-4-8-16-24-22/h3,5-6,9,11-14,17,21H,2,4,7-8,10,15-16H2,1H3,(H,24,26)(H,25,27)/t21-/m0/s1. The van der Waals surface area contributed by atoms with E-state index in [1.54, 1.807) is 12.1 Å². The van der Waals surface area contributed by atoms with Gasteiger partial charge in [0, 0.05) is 18.7 Å². The Kier molecular flexibility index (Phi) is 7.63. The summed E-state index contributed by atoms with van der Waals surface area (Å²) < 4.78 is 28.2. The van der Waals surface area contributed by atoms with Crippen LogP contribution in [0.15, 0.2) is 64.5 Å². The highest BCUT2D eigenvalue weighted by Gasteiger charge is 2.21. The number of carbonyl (C=O) groups is 1. The van der Waals surface area contributed by atoms with Crippen LogP contribution in [0, 0.1) is 0 Å². The molecule has 0 bridgehead atoms. The van der Waals surface area contributed by atoms with Gasteiger partial charge in [-0.25, -0.2) is 8.42 Å². The molecule has 7 heteroatoms. The molecule has 2 aromatic carbocycles. The molecule has 0 aromatic heterocycles. The minimum Gasteiger partial charge on any atom is -0.326 e. The van der Waals surface area contributed by atoms with Gasteiger partial charge in [-0.3, -0.25) is 14.5 Å². The van der Waals surface area contributed by atoms with Crippen LogP contribution in [0.3, 0.4) is 0 Å². The molecule has 0 unspecified atom stereocenters. The van der Waals surface area contributed by atoms with E-state index in [1.165, 1.54) is 12.1 Å². The number of rotatable bonds is 7. The number of amidine groups is 1. The van der Waals surface area contributed by atoms with Gasteiger partial charge in [-0.05, 0) is 43.0 Å². The van der Waals surface area contributed by atoms with Crippen molar-refractivity contribution in [2.24, 2.45) is 4.99 Å². The van der Waals surface area contributed by atoms with E-state index >= 15 is 0 Å². The van der Waals surface area contributed by atoms with E-state index in [9.17, 15) is 13.2 Å². The predicted octanol–water partition coefficient (Wildman–Crippen LogP) is 4.46. The monoisotopic (exact) mass is 427 g/mol. The Morgan fingerprint density at radius 2 is 1.87 bits per heavy atom. The summed E-state index contributed by atoms with van der Waals surface area (Å²) in [6.45, 7) is 2.69. The first kappa shape index (κ1) is 22.0. The highest BCUT2D eigenvalue weighted by molar-refractivity contribution is 7.90. The number of hydrogen-bond acceptors (Lipinski definition) is 4. The van der Waals surface area contributed by atoms with E-state index in [2.05, 4.69) is 15.0 Å². The fourth-order valence-electron chi connectivity index (χ4n) is 3.56. The zero-order valence-corrected chi connectivity index (χ0v) is 18.1. The van der Waals surface area contributed by atoms with Gasteiger partial charge in [0.1, 0.15) is 5.84 Å². The Morgan fingerprint density at radius 1 is 1.07 bits per heavy atom. The average Bonchev–Trinajstić information content (AvgIpc) is 3.01. The highest BCUT2D eigenvalue weighted by atomic mass is 32.2. The lowest BCUT2D eigenvalue weighted by Gasteiger charge is -2.17. The first-order valence-electron chi connectivity index (χ1n) is 10.5. The van der Waals surface area contributed by atoms with Crippen LogP contribution in [0.2, 0.25) is 0 Å². The lowest BCUT2D eigenvalue weighted by atomic mass is 9.93. The summed E-state index contributed by atoms with van der Waals surface area (Å²) in [6.07, 6.45) is 5.17. The Hall–Kier alpha value is -2.67. The second-order valence-electron chi connectivity index (χ2n) is 7.51. The largest absolute Gasteiger partial charge is 0.326 e. The third-order valence-electron chi connectivity index (χ3n) is 5.13. The number of nitrogens with one attached hydrogen (secondary N) is 2. The molecule has 0 fully saturated rings. The zero-order chi connectivity index (χ0) is 21.4. The van der Waals surface area contributed by atoms with Crippen LogP contribution >= 0.6 is 0 Å². The number of anilines is 1. The topological polar surface area (TPSA) is 87.6 Å². The maximum atomic E-state index is 12.9. The van der Waals surface area contributed by atoms with Crippen molar-refractivity contribution in [1.82, 2.24) is 4.72 Å². The van der Waals surface area contributed by atoms with Crippen LogP contribution in [0.1, 0.15) is 56.9 Å². The number of sulfonamides is 1. The second kappa shape index (κ2) is 10.4. The number of carbonyl (C=O) groups excluding carboxylic acids is 1. The molecule has 2 N–H and O–H groups in total. The van der Waals surface area contributed by atoms with Crippen molar-refractivity contribution in [3.63, 3.8) is 0 Å². The molecule has 0 saturated heterocycles. The summed E-state index contributed by atoms with van der Waals surface area (Å²) in [5.41, 5.74) is 1.41. The number of amides is 1. The lowest BCUT2D eigenvalue weighted by molar-refractivity contribution is -0.117. The van der Waals surface area contributed by atoms with E-state index in [4.69, 9.17) is 0 Å². The molecule has 1 atom stereocenters. The maximum absolute atomic E-state index is 12.9. The summed E-state index contributed by atoms with van der Waals surface area (Å²) in [6, 6.07) is 16.0. The Balaban J connectivity index is 1.75. The van der Waals surface area contributed by atoms with Gasteiger partial charge in [0.15, 0.2) is 0 Å². The van der Waals surface area contributed by atoms with E-state index < -0.39 is 10.0 Å². The van der Waals surface area contributed by atoms with Crippen LogP contribution in [-0.4, -0.2) is 26.7 Å². The number of nitrogens with zero attached hydrogens (tertiary/aromatic N) is 1. The van der Waals surface area contributed by atoms with Gasteiger partial charge in [-0.2, -0.15) is 0 Å². The van der Waals surface area contributed by atoms with Crippen LogP contribution in [-0.2, 0) is 14.8 Å². The average molecular weight is 428 g/mol. The van der Waals surface area contributed by atoms with Crippen LogP contribution in [0.5, 0.6) is 0 Å². The van der Waals surface area contributed by atoms with Crippen LogP contribution < -0.4 is 10.0 Å². The molecule has 1 aliphatic heterocycles. The van der Waals surface area contributed by atoms with Crippen molar-refractivity contribution in [1.29, 1.82) is 0 Å². The number of benzene rings is 2. The maximum Gasteiger partial charge on any atom is 0.262 e. The molecule has 0 radical (unpaired) electrons. The molecule has 3 rings (SSSR count). The van der Waals surface area contributed by atoms with Crippen molar-refractivity contribution in [2.45, 2.75) is 56.3 Å². The third-order valence-corrected chi connectivity index (χ3v) is 6.51. The summed E-state index contributed by atoms with van der Waals surface area (Å²) in [5, 5.41) is 2.89. The minimum atomic E-state index is -3.75. The van der Waals surface area contributed by atoms with E-state index in [-0.39, 0.29) is 16.7 Å². The van der Waals surface area contributed by atoms with Gasteiger partial charge in [-0.15, -0.1) is 0 Å². The normalized spacial score (nSPS) is 15.6. The Labute approximate surface area is 178 Å². The van der Waals surface area contributed by atoms with Gasteiger partial charge in [0.25, 0.3) is 10.0 Å². The van der Waals surface area contributed by atoms with E-state index in [0.717, 1.165) is 37.7 Å². The van der Waals surface area contributed by atoms with Crippen molar-refractivity contribution in [2.75, 3.05) is 11.9 Å². The fraction of sp³-hybridized carbons (Fsp3) is 0.391. The molecule has 2 aromatic rings. The van der Waals surface area contributed by atoms with Gasteiger partial charge in [-0.1, -0.05) is 56.2 Å². The van der Waals surface area contributed by atoms with E-state index in [0.29, 0.717) is 24.5 Å². The smallest absolute Gasteiger partial charge is 0.262 e. The molecule has 1 amide bonds. The third kappa shape index (κ3) is 5.92. The first-order valence-corrected chi connectivity index (χ1v) is 12.0. The van der Waals surface area contributed by atoms with Gasteiger partial charge in [0.05, 0.1) is 10.8 Å². The van der Waals surface area contributed by atoms with Gasteiger partial charge in [0.2, 0.25) is 5.91 Å². The minimum absolute atomic E-state index is 0.110. The quantitative estimate of drug-likeness (QED) is 0.684. The van der Waals surface area contributed by atoms with Crippen molar-refractivity contribution >= 4 is 27.5 Å². The summed E-state index contributed by atoms with van der Waals surface area (Å²) in [7, 11) is -3.75. The van der Waals surface area contributed by atoms with Gasteiger partial charge >= 0.3 is 0 Å².